The van der Waals surface area contributed by atoms with Crippen molar-refractivity contribution in [2.75, 3.05) is 0 Å². The molecule has 0 aromatic rings. The molecule has 0 unspecified atom stereocenters. The summed E-state index contributed by atoms with van der Waals surface area (Å²) in [5.74, 6) is 0. The summed E-state index contributed by atoms with van der Waals surface area (Å²) < 4.78 is 0. The highest BCUT2D eigenvalue weighted by molar-refractivity contribution is 5.01. The monoisotopic (exact) mass is 278 g/mol. The van der Waals surface area contributed by atoms with E-state index in [0.717, 1.165) is 0 Å². The second-order valence-electron chi connectivity index (χ2n) is 6.06. The number of hydrogen-bond donors (Lipinski definition) is 0. The molecule has 0 rings (SSSR count). The molecule has 118 valence electrons. The van der Waals surface area contributed by atoms with Gasteiger partial charge in [-0.1, -0.05) is 76.5 Å². The van der Waals surface area contributed by atoms with Crippen LogP contribution < -0.4 is 0 Å². The van der Waals surface area contributed by atoms with Crippen molar-refractivity contribution in [2.24, 2.45) is 0 Å². The molecule has 0 spiro atoms. The van der Waals surface area contributed by atoms with Gasteiger partial charge in [-0.05, 0) is 44.9 Å². The molecule has 0 saturated carbocycles. The summed E-state index contributed by atoms with van der Waals surface area (Å²) in [6, 6.07) is 0. The summed E-state index contributed by atoms with van der Waals surface area (Å²) in [5.41, 5.74) is 1.74. The minimum atomic E-state index is 1.20. The number of hydrogen-bond acceptors (Lipinski definition) is 0. The van der Waals surface area contributed by atoms with Gasteiger partial charge in [-0.15, -0.1) is 6.58 Å². The van der Waals surface area contributed by atoms with E-state index in [-0.39, 0.29) is 0 Å². The Kier molecular flexibility index (Phi) is 16.1. The van der Waals surface area contributed by atoms with Crippen molar-refractivity contribution in [1.82, 2.24) is 0 Å². The van der Waals surface area contributed by atoms with Crippen LogP contribution in [-0.4, -0.2) is 0 Å². The third-order valence-corrected chi connectivity index (χ3v) is 4.00. The molecule has 0 aliphatic heterocycles. The Morgan fingerprint density at radius 3 is 1.95 bits per heavy atom. The fourth-order valence-electron chi connectivity index (χ4n) is 2.59. The molecule has 0 atom stereocenters. The molecule has 0 radical (unpaired) electrons. The fraction of sp³-hybridized carbons (Fsp3) is 0.800. The van der Waals surface area contributed by atoms with Crippen LogP contribution in [0.25, 0.3) is 0 Å². The maximum absolute atomic E-state index is 3.78. The zero-order chi connectivity index (χ0) is 14.9. The van der Waals surface area contributed by atoms with Gasteiger partial charge in [-0.25, -0.2) is 0 Å². The van der Waals surface area contributed by atoms with Crippen molar-refractivity contribution < 1.29 is 0 Å². The molecule has 0 amide bonds. The highest BCUT2D eigenvalue weighted by atomic mass is 14.0. The highest BCUT2D eigenvalue weighted by Gasteiger charge is 1.98. The average Bonchev–Trinajstić information content (AvgIpc) is 2.47. The van der Waals surface area contributed by atoms with E-state index in [1.807, 2.05) is 6.08 Å². The van der Waals surface area contributed by atoms with Gasteiger partial charge in [-0.3, -0.25) is 0 Å². The number of rotatable bonds is 15. The van der Waals surface area contributed by atoms with Gasteiger partial charge in [0.2, 0.25) is 0 Å². The lowest BCUT2D eigenvalue weighted by Crippen LogP contribution is -1.87. The molecule has 0 aromatic heterocycles. The van der Waals surface area contributed by atoms with Gasteiger partial charge in [0.1, 0.15) is 0 Å². The van der Waals surface area contributed by atoms with E-state index < -0.39 is 0 Å². The SMILES string of the molecule is C=CCCCCCCCC/C(=C/CCCC)CCCC. The first-order chi connectivity index (χ1) is 9.85. The molecule has 20 heavy (non-hydrogen) atoms. The first kappa shape index (κ1) is 19.5. The maximum Gasteiger partial charge on any atom is -0.0320 e. The van der Waals surface area contributed by atoms with Crippen molar-refractivity contribution >= 4 is 0 Å². The van der Waals surface area contributed by atoms with E-state index >= 15 is 0 Å². The molecular weight excluding hydrogens is 240 g/mol. The van der Waals surface area contributed by atoms with E-state index in [1.165, 1.54) is 89.9 Å². The molecule has 0 nitrogen and oxygen atoms in total. The summed E-state index contributed by atoms with van der Waals surface area (Å²) in [6.45, 7) is 8.36. The minimum absolute atomic E-state index is 1.20. The van der Waals surface area contributed by atoms with Crippen LogP contribution in [0.1, 0.15) is 104 Å². The molecule has 0 N–H and O–H groups in total. The molecule has 0 aromatic carbocycles. The Morgan fingerprint density at radius 2 is 1.30 bits per heavy atom. The van der Waals surface area contributed by atoms with Crippen molar-refractivity contribution in [3.63, 3.8) is 0 Å². The second-order valence-corrected chi connectivity index (χ2v) is 6.06. The number of unbranched alkanes of at least 4 members (excludes halogenated alkanes) is 9. The predicted octanol–water partition coefficient (Wildman–Crippen LogP) is 7.60. The van der Waals surface area contributed by atoms with E-state index in [2.05, 4.69) is 26.5 Å². The first-order valence-corrected chi connectivity index (χ1v) is 9.13. The lowest BCUT2D eigenvalue weighted by Gasteiger charge is -2.07. The van der Waals surface area contributed by atoms with Crippen LogP contribution in [0, 0.1) is 0 Å². The van der Waals surface area contributed by atoms with Gasteiger partial charge in [0.25, 0.3) is 0 Å². The normalized spacial score (nSPS) is 11.8. The van der Waals surface area contributed by atoms with Crippen LogP contribution in [0.3, 0.4) is 0 Å². The third kappa shape index (κ3) is 13.9. The third-order valence-electron chi connectivity index (χ3n) is 4.00. The quantitative estimate of drug-likeness (QED) is 0.214. The van der Waals surface area contributed by atoms with Crippen molar-refractivity contribution in [2.45, 2.75) is 104 Å². The van der Waals surface area contributed by atoms with E-state index in [4.69, 9.17) is 0 Å². The summed E-state index contributed by atoms with van der Waals surface area (Å²) in [5, 5.41) is 0. The van der Waals surface area contributed by atoms with Gasteiger partial charge in [-0.2, -0.15) is 0 Å². The average molecular weight is 279 g/mol. The minimum Gasteiger partial charge on any atom is -0.103 e. The Labute approximate surface area is 128 Å². The lowest BCUT2D eigenvalue weighted by molar-refractivity contribution is 0.589. The summed E-state index contributed by atoms with van der Waals surface area (Å²) >= 11 is 0. The molecule has 0 aliphatic carbocycles. The number of allylic oxidation sites excluding steroid dienone is 3. The fourth-order valence-corrected chi connectivity index (χ4v) is 2.59. The zero-order valence-corrected chi connectivity index (χ0v) is 14.3. The van der Waals surface area contributed by atoms with Crippen molar-refractivity contribution in [3.05, 3.63) is 24.3 Å². The van der Waals surface area contributed by atoms with Gasteiger partial charge in [0.15, 0.2) is 0 Å². The molecule has 0 heterocycles. The van der Waals surface area contributed by atoms with E-state index in [9.17, 15) is 0 Å². The van der Waals surface area contributed by atoms with Gasteiger partial charge < -0.3 is 0 Å². The van der Waals surface area contributed by atoms with Gasteiger partial charge >= 0.3 is 0 Å². The second kappa shape index (κ2) is 16.5. The van der Waals surface area contributed by atoms with Crippen molar-refractivity contribution in [3.8, 4) is 0 Å². The van der Waals surface area contributed by atoms with Gasteiger partial charge in [0, 0.05) is 0 Å². The van der Waals surface area contributed by atoms with E-state index in [0.29, 0.717) is 0 Å². The largest absolute Gasteiger partial charge is 0.103 e. The van der Waals surface area contributed by atoms with Crippen LogP contribution in [0.15, 0.2) is 24.3 Å². The maximum atomic E-state index is 3.78. The molecule has 0 aliphatic rings. The molecular formula is C20H38. The summed E-state index contributed by atoms with van der Waals surface area (Å²) in [7, 11) is 0. The van der Waals surface area contributed by atoms with Crippen LogP contribution in [-0.2, 0) is 0 Å². The Morgan fingerprint density at radius 1 is 0.700 bits per heavy atom. The summed E-state index contributed by atoms with van der Waals surface area (Å²) in [6.07, 6.45) is 23.6. The van der Waals surface area contributed by atoms with E-state index in [1.54, 1.807) is 5.57 Å². The molecule has 0 bridgehead atoms. The lowest BCUT2D eigenvalue weighted by atomic mass is 9.99. The summed E-state index contributed by atoms with van der Waals surface area (Å²) in [4.78, 5) is 0. The van der Waals surface area contributed by atoms with Crippen LogP contribution in [0.4, 0.5) is 0 Å². The van der Waals surface area contributed by atoms with Crippen molar-refractivity contribution in [1.29, 1.82) is 0 Å². The zero-order valence-electron chi connectivity index (χ0n) is 14.3. The molecule has 0 fully saturated rings. The Hall–Kier alpha value is -0.520. The van der Waals surface area contributed by atoms with Crippen LogP contribution >= 0.6 is 0 Å². The predicted molar refractivity (Wildman–Crippen MR) is 94.3 cm³/mol. The smallest absolute Gasteiger partial charge is 0.0320 e. The highest BCUT2D eigenvalue weighted by Crippen LogP contribution is 2.18. The molecule has 0 heteroatoms. The van der Waals surface area contributed by atoms with Crippen LogP contribution in [0.2, 0.25) is 0 Å². The van der Waals surface area contributed by atoms with Gasteiger partial charge in [0.05, 0.1) is 0 Å². The topological polar surface area (TPSA) is 0 Å². The first-order valence-electron chi connectivity index (χ1n) is 9.13. The Bertz CT molecular complexity index is 224. The Balaban J connectivity index is 3.62. The van der Waals surface area contributed by atoms with Crippen LogP contribution in [0.5, 0.6) is 0 Å². The standard InChI is InChI=1S/C20H38/c1-4-7-10-11-12-13-14-16-19-20(17-9-6-3)18-15-8-5-2/h4,18H,1,5-17,19H2,2-3H3/b20-18+. The molecule has 0 saturated heterocycles.